The van der Waals surface area contributed by atoms with Crippen LogP contribution >= 0.6 is 0 Å². The fraction of sp³-hybridized carbons (Fsp3) is 0.833. The molecule has 2 N–H and O–H groups in total. The van der Waals surface area contributed by atoms with Crippen LogP contribution in [0.5, 0.6) is 0 Å². The molecule has 0 aromatic heterocycles. The molecule has 0 unspecified atom stereocenters. The summed E-state index contributed by atoms with van der Waals surface area (Å²) < 4.78 is 0. The van der Waals surface area contributed by atoms with Crippen molar-refractivity contribution in [2.45, 2.75) is 105 Å². The molecule has 184 valence electrons. The zero-order valence-electron chi connectivity index (χ0n) is 21.8. The Morgan fingerprint density at radius 1 is 0.970 bits per heavy atom. The Labute approximate surface area is 201 Å². The summed E-state index contributed by atoms with van der Waals surface area (Å²) in [5.74, 6) is 0.901. The summed E-state index contributed by atoms with van der Waals surface area (Å²) >= 11 is 0. The number of allylic oxidation sites excluding steroid dienone is 3. The predicted octanol–water partition coefficient (Wildman–Crippen LogP) is 7.01. The number of fused-ring (bicyclic) bond motifs is 7. The van der Waals surface area contributed by atoms with Gasteiger partial charge in [0.1, 0.15) is 0 Å². The topological polar surface area (TPSA) is 57.5 Å². The largest absolute Gasteiger partial charge is 0.481 e. The van der Waals surface area contributed by atoms with Crippen molar-refractivity contribution in [3.63, 3.8) is 0 Å². The number of aliphatic hydroxyl groups is 1. The standard InChI is InChI=1S/C30H46O3/c1-18-10-15-30(25(32)33)17-16-28(6)20(24(30)19(18)2)8-9-22-27(5)13-12-23(31)26(3,4)21(27)11-14-29(22,28)7/h8,18,21-24,31H,2,9-17H2,1,3-7H3,(H,32,33)/t18-,21+,22-,23+,24+,27+,28-,29-,30+/m1/s1. The first-order valence-corrected chi connectivity index (χ1v) is 13.6. The molecule has 3 heteroatoms. The van der Waals surface area contributed by atoms with Gasteiger partial charge in [-0.2, -0.15) is 0 Å². The van der Waals surface area contributed by atoms with Gasteiger partial charge in [0, 0.05) is 5.92 Å². The maximum absolute atomic E-state index is 12.8. The third-order valence-electron chi connectivity index (χ3n) is 12.9. The van der Waals surface area contributed by atoms with Crippen molar-refractivity contribution in [2.24, 2.45) is 50.7 Å². The van der Waals surface area contributed by atoms with Crippen molar-refractivity contribution in [2.75, 3.05) is 0 Å². The van der Waals surface area contributed by atoms with Crippen LogP contribution in [0.15, 0.2) is 23.8 Å². The Morgan fingerprint density at radius 3 is 2.33 bits per heavy atom. The fourth-order valence-electron chi connectivity index (χ4n) is 10.4. The predicted molar refractivity (Wildman–Crippen MR) is 133 cm³/mol. The highest BCUT2D eigenvalue weighted by molar-refractivity contribution is 5.77. The van der Waals surface area contributed by atoms with Crippen LogP contribution in [0.4, 0.5) is 0 Å². The SMILES string of the molecule is C=C1[C@H]2C3=CC[C@@H]4[C@@]5(C)CC[C@H](O)C(C)(C)[C@@H]5CC[C@@]4(C)[C@]3(C)CC[C@@]2(C(=O)O)CC[C@H]1C. The van der Waals surface area contributed by atoms with Gasteiger partial charge in [-0.1, -0.05) is 65.3 Å². The Bertz CT molecular complexity index is 916. The minimum atomic E-state index is -0.657. The average Bonchev–Trinajstić information content (AvgIpc) is 2.74. The first-order valence-electron chi connectivity index (χ1n) is 13.6. The fourth-order valence-corrected chi connectivity index (χ4v) is 10.4. The van der Waals surface area contributed by atoms with Gasteiger partial charge in [0.05, 0.1) is 11.5 Å². The van der Waals surface area contributed by atoms with Gasteiger partial charge in [0.15, 0.2) is 0 Å². The summed E-state index contributed by atoms with van der Waals surface area (Å²) in [6.07, 6.45) is 11.2. The Morgan fingerprint density at radius 2 is 1.67 bits per heavy atom. The highest BCUT2D eigenvalue weighted by Crippen LogP contribution is 2.75. The van der Waals surface area contributed by atoms with Crippen LogP contribution < -0.4 is 0 Å². The monoisotopic (exact) mass is 454 g/mol. The molecule has 0 aromatic carbocycles. The molecule has 9 atom stereocenters. The zero-order chi connectivity index (χ0) is 24.2. The molecule has 4 saturated carbocycles. The van der Waals surface area contributed by atoms with Crippen molar-refractivity contribution in [3.05, 3.63) is 23.8 Å². The lowest BCUT2D eigenvalue weighted by Gasteiger charge is -2.71. The molecular formula is C30H46O3. The van der Waals surface area contributed by atoms with Crippen LogP contribution in [-0.2, 0) is 4.79 Å². The molecule has 33 heavy (non-hydrogen) atoms. The summed E-state index contributed by atoms with van der Waals surface area (Å²) in [6.45, 7) is 18.9. The maximum Gasteiger partial charge on any atom is 0.310 e. The number of carboxylic acid groups (broad SMARTS) is 1. The Kier molecular flexibility index (Phi) is 5.01. The molecule has 3 nitrogen and oxygen atoms in total. The number of carbonyl (C=O) groups is 1. The normalized spacial score (nSPS) is 53.1. The van der Waals surface area contributed by atoms with Crippen LogP contribution in [0, 0.1) is 50.7 Å². The number of rotatable bonds is 1. The third-order valence-corrected chi connectivity index (χ3v) is 12.9. The van der Waals surface area contributed by atoms with Crippen LogP contribution in [0.2, 0.25) is 0 Å². The van der Waals surface area contributed by atoms with E-state index in [9.17, 15) is 15.0 Å². The summed E-state index contributed by atoms with van der Waals surface area (Å²) in [7, 11) is 0. The van der Waals surface area contributed by atoms with E-state index in [4.69, 9.17) is 0 Å². The Balaban J connectivity index is 1.62. The molecule has 0 spiro atoms. The molecule has 0 saturated heterocycles. The highest BCUT2D eigenvalue weighted by atomic mass is 16.4. The van der Waals surface area contributed by atoms with E-state index in [1.165, 1.54) is 24.0 Å². The van der Waals surface area contributed by atoms with Crippen molar-refractivity contribution in [1.82, 2.24) is 0 Å². The van der Waals surface area contributed by atoms with E-state index in [1.807, 2.05) is 0 Å². The highest BCUT2D eigenvalue weighted by Gasteiger charge is 2.69. The van der Waals surface area contributed by atoms with Gasteiger partial charge in [-0.3, -0.25) is 4.79 Å². The Hall–Kier alpha value is -1.09. The van der Waals surface area contributed by atoms with E-state index in [-0.39, 0.29) is 33.7 Å². The van der Waals surface area contributed by atoms with Gasteiger partial charge in [0.2, 0.25) is 0 Å². The van der Waals surface area contributed by atoms with Gasteiger partial charge in [-0.15, -0.1) is 0 Å². The van der Waals surface area contributed by atoms with Gasteiger partial charge in [-0.05, 0) is 97.2 Å². The van der Waals surface area contributed by atoms with Crippen molar-refractivity contribution < 1.29 is 15.0 Å². The molecule has 0 aromatic rings. The molecule has 4 fully saturated rings. The summed E-state index contributed by atoms with van der Waals surface area (Å²) in [5, 5.41) is 21.4. The number of aliphatic carboxylic acids is 1. The molecule has 0 heterocycles. The van der Waals surface area contributed by atoms with E-state index in [1.54, 1.807) is 0 Å². The molecule has 0 bridgehead atoms. The third kappa shape index (κ3) is 2.69. The second kappa shape index (κ2) is 6.99. The van der Waals surface area contributed by atoms with E-state index in [0.717, 1.165) is 44.9 Å². The lowest BCUT2D eigenvalue weighted by Crippen LogP contribution is -2.65. The summed E-state index contributed by atoms with van der Waals surface area (Å²) in [6, 6.07) is 0. The van der Waals surface area contributed by atoms with Gasteiger partial charge in [-0.25, -0.2) is 0 Å². The molecule has 0 radical (unpaired) electrons. The number of aliphatic hydroxyl groups excluding tert-OH is 1. The van der Waals surface area contributed by atoms with Gasteiger partial charge in [0.25, 0.3) is 0 Å². The number of hydrogen-bond acceptors (Lipinski definition) is 2. The van der Waals surface area contributed by atoms with Crippen molar-refractivity contribution >= 4 is 5.97 Å². The van der Waals surface area contributed by atoms with Crippen molar-refractivity contribution in [3.8, 4) is 0 Å². The molecule has 5 aliphatic carbocycles. The molecule has 5 rings (SSSR count). The molecule has 5 aliphatic rings. The summed E-state index contributed by atoms with van der Waals surface area (Å²) in [5.41, 5.74) is 2.29. The van der Waals surface area contributed by atoms with Crippen LogP contribution in [0.3, 0.4) is 0 Å². The molecular weight excluding hydrogens is 408 g/mol. The van der Waals surface area contributed by atoms with Crippen LogP contribution in [0.25, 0.3) is 0 Å². The average molecular weight is 455 g/mol. The van der Waals surface area contributed by atoms with E-state index in [2.05, 4.69) is 54.2 Å². The quantitative estimate of drug-likeness (QED) is 0.419. The van der Waals surface area contributed by atoms with E-state index in [0.29, 0.717) is 17.8 Å². The minimum absolute atomic E-state index is 0.00887. The lowest BCUT2D eigenvalue weighted by atomic mass is 9.33. The van der Waals surface area contributed by atoms with Crippen LogP contribution in [-0.4, -0.2) is 22.3 Å². The molecule has 0 aliphatic heterocycles. The first-order chi connectivity index (χ1) is 15.3. The summed E-state index contributed by atoms with van der Waals surface area (Å²) in [4.78, 5) is 12.8. The van der Waals surface area contributed by atoms with E-state index >= 15 is 0 Å². The van der Waals surface area contributed by atoms with Crippen molar-refractivity contribution in [1.29, 1.82) is 0 Å². The minimum Gasteiger partial charge on any atom is -0.481 e. The smallest absolute Gasteiger partial charge is 0.310 e. The number of carboxylic acids is 1. The maximum atomic E-state index is 12.8. The number of hydrogen-bond donors (Lipinski definition) is 2. The second-order valence-corrected chi connectivity index (χ2v) is 14.1. The van der Waals surface area contributed by atoms with Crippen LogP contribution in [0.1, 0.15) is 99.3 Å². The zero-order valence-corrected chi connectivity index (χ0v) is 21.8. The van der Waals surface area contributed by atoms with Gasteiger partial charge >= 0.3 is 5.97 Å². The molecule has 0 amide bonds. The second-order valence-electron chi connectivity index (χ2n) is 14.1. The first kappa shape index (κ1) is 23.6. The lowest BCUT2D eigenvalue weighted by molar-refractivity contribution is -0.203. The van der Waals surface area contributed by atoms with Gasteiger partial charge < -0.3 is 10.2 Å². The van der Waals surface area contributed by atoms with E-state index < -0.39 is 11.4 Å².